The molecule has 0 aliphatic heterocycles. The molecule has 1 heterocycles. The van der Waals surface area contributed by atoms with Gasteiger partial charge in [0.15, 0.2) is 0 Å². The van der Waals surface area contributed by atoms with Crippen LogP contribution in [-0.4, -0.2) is 11.0 Å². The van der Waals surface area contributed by atoms with Crippen molar-refractivity contribution in [2.24, 2.45) is 5.73 Å². The van der Waals surface area contributed by atoms with E-state index in [0.717, 1.165) is 30.2 Å². The lowest BCUT2D eigenvalue weighted by Gasteiger charge is -2.07. The van der Waals surface area contributed by atoms with E-state index in [-0.39, 0.29) is 5.82 Å². The predicted octanol–water partition coefficient (Wildman–Crippen LogP) is 2.90. The van der Waals surface area contributed by atoms with Crippen molar-refractivity contribution >= 4 is 10.9 Å². The zero-order valence-corrected chi connectivity index (χ0v) is 9.04. The average molecular weight is 218 g/mol. The Kier molecular flexibility index (Phi) is 2.21. The number of aromatic nitrogens is 1. The molecule has 0 bridgehead atoms. The van der Waals surface area contributed by atoms with Gasteiger partial charge in [-0.1, -0.05) is 0 Å². The molecule has 1 saturated carbocycles. The highest BCUT2D eigenvalue weighted by Gasteiger charge is 2.25. The molecule has 2 atom stereocenters. The molecule has 1 aromatic carbocycles. The lowest BCUT2D eigenvalue weighted by molar-refractivity contribution is 0.629. The van der Waals surface area contributed by atoms with Crippen LogP contribution in [-0.2, 0) is 0 Å². The molecule has 0 radical (unpaired) electrons. The van der Waals surface area contributed by atoms with Crippen molar-refractivity contribution in [1.82, 2.24) is 4.98 Å². The minimum atomic E-state index is -0.171. The van der Waals surface area contributed by atoms with Gasteiger partial charge in [-0.15, -0.1) is 0 Å². The van der Waals surface area contributed by atoms with E-state index in [9.17, 15) is 4.39 Å². The Balaban J connectivity index is 2.06. The number of halogens is 1. The Morgan fingerprint density at radius 2 is 2.19 bits per heavy atom. The minimum absolute atomic E-state index is 0.171. The molecule has 1 aliphatic carbocycles. The largest absolute Gasteiger partial charge is 0.361 e. The molecular formula is C13H15FN2. The Morgan fingerprint density at radius 1 is 1.31 bits per heavy atom. The zero-order valence-electron chi connectivity index (χ0n) is 9.04. The standard InChI is InChI=1S/C13H15FN2/c14-9-2-4-13-11(6-9)12(7-16-13)8-1-3-10(15)5-8/h2,4,6-8,10,16H,1,3,5,15H2/t8-,10+/m0/s1. The number of hydrogen-bond donors (Lipinski definition) is 2. The predicted molar refractivity (Wildman–Crippen MR) is 62.8 cm³/mol. The van der Waals surface area contributed by atoms with Crippen molar-refractivity contribution in [3.8, 4) is 0 Å². The molecule has 1 aliphatic rings. The lowest BCUT2D eigenvalue weighted by Crippen LogP contribution is -2.14. The number of rotatable bonds is 1. The Morgan fingerprint density at radius 3 is 2.94 bits per heavy atom. The Hall–Kier alpha value is -1.35. The van der Waals surface area contributed by atoms with Crippen molar-refractivity contribution < 1.29 is 4.39 Å². The van der Waals surface area contributed by atoms with E-state index in [1.165, 1.54) is 11.6 Å². The van der Waals surface area contributed by atoms with Crippen LogP contribution in [0.25, 0.3) is 10.9 Å². The number of nitrogens with one attached hydrogen (secondary N) is 1. The normalized spacial score (nSPS) is 25.4. The maximum atomic E-state index is 13.2. The molecule has 2 nitrogen and oxygen atoms in total. The van der Waals surface area contributed by atoms with Gasteiger partial charge in [-0.25, -0.2) is 4.39 Å². The number of nitrogens with two attached hydrogens (primary N) is 1. The van der Waals surface area contributed by atoms with Gasteiger partial charge in [0.2, 0.25) is 0 Å². The fourth-order valence-corrected chi connectivity index (χ4v) is 2.75. The van der Waals surface area contributed by atoms with E-state index in [2.05, 4.69) is 4.98 Å². The highest BCUT2D eigenvalue weighted by atomic mass is 19.1. The summed E-state index contributed by atoms with van der Waals surface area (Å²) in [5.74, 6) is 0.321. The van der Waals surface area contributed by atoms with E-state index in [4.69, 9.17) is 5.73 Å². The van der Waals surface area contributed by atoms with Crippen molar-refractivity contribution in [2.45, 2.75) is 31.2 Å². The van der Waals surface area contributed by atoms with Gasteiger partial charge in [-0.2, -0.15) is 0 Å². The van der Waals surface area contributed by atoms with E-state index in [1.807, 2.05) is 6.20 Å². The summed E-state index contributed by atoms with van der Waals surface area (Å²) < 4.78 is 13.2. The van der Waals surface area contributed by atoms with Crippen LogP contribution in [0.5, 0.6) is 0 Å². The quantitative estimate of drug-likeness (QED) is 0.759. The van der Waals surface area contributed by atoms with E-state index in [1.54, 1.807) is 12.1 Å². The second-order valence-electron chi connectivity index (χ2n) is 4.70. The second-order valence-corrected chi connectivity index (χ2v) is 4.70. The highest BCUT2D eigenvalue weighted by Crippen LogP contribution is 2.37. The summed E-state index contributed by atoms with van der Waals surface area (Å²) >= 11 is 0. The Bertz CT molecular complexity index is 518. The number of H-pyrrole nitrogens is 1. The van der Waals surface area contributed by atoms with Gasteiger partial charge in [-0.05, 0) is 48.9 Å². The maximum Gasteiger partial charge on any atom is 0.123 e. The van der Waals surface area contributed by atoms with Crippen LogP contribution in [0.15, 0.2) is 24.4 Å². The monoisotopic (exact) mass is 218 g/mol. The third kappa shape index (κ3) is 1.52. The topological polar surface area (TPSA) is 41.8 Å². The van der Waals surface area contributed by atoms with E-state index < -0.39 is 0 Å². The van der Waals surface area contributed by atoms with E-state index in [0.29, 0.717) is 12.0 Å². The van der Waals surface area contributed by atoms with Crippen LogP contribution >= 0.6 is 0 Å². The van der Waals surface area contributed by atoms with Crippen LogP contribution in [0, 0.1) is 5.82 Å². The first kappa shape index (κ1) is 9.85. The first-order chi connectivity index (χ1) is 7.74. The maximum absolute atomic E-state index is 13.2. The molecule has 3 heteroatoms. The second kappa shape index (κ2) is 3.59. The summed E-state index contributed by atoms with van der Waals surface area (Å²) in [6.07, 6.45) is 5.22. The lowest BCUT2D eigenvalue weighted by atomic mass is 9.97. The SMILES string of the molecule is N[C@@H]1CC[C@H](c2c[nH]c3ccc(F)cc23)C1. The molecule has 0 unspecified atom stereocenters. The molecule has 0 spiro atoms. The third-order valence-corrected chi connectivity index (χ3v) is 3.59. The van der Waals surface area contributed by atoms with Gasteiger partial charge in [0.05, 0.1) is 0 Å². The fourth-order valence-electron chi connectivity index (χ4n) is 2.75. The smallest absolute Gasteiger partial charge is 0.123 e. The molecule has 2 aromatic rings. The molecule has 0 amide bonds. The summed E-state index contributed by atoms with van der Waals surface area (Å²) in [6, 6.07) is 5.21. The molecule has 0 saturated heterocycles. The van der Waals surface area contributed by atoms with Crippen molar-refractivity contribution in [3.63, 3.8) is 0 Å². The summed E-state index contributed by atoms with van der Waals surface area (Å²) in [4.78, 5) is 3.20. The number of hydrogen-bond acceptors (Lipinski definition) is 1. The van der Waals surface area contributed by atoms with Crippen LogP contribution < -0.4 is 5.73 Å². The summed E-state index contributed by atoms with van der Waals surface area (Å²) in [5.41, 5.74) is 8.16. The van der Waals surface area contributed by atoms with Crippen molar-refractivity contribution in [3.05, 3.63) is 35.8 Å². The number of aromatic amines is 1. The third-order valence-electron chi connectivity index (χ3n) is 3.59. The number of benzene rings is 1. The van der Waals surface area contributed by atoms with Gasteiger partial charge in [-0.3, -0.25) is 0 Å². The van der Waals surface area contributed by atoms with Crippen LogP contribution in [0.3, 0.4) is 0 Å². The summed E-state index contributed by atoms with van der Waals surface area (Å²) in [6.45, 7) is 0. The van der Waals surface area contributed by atoms with E-state index >= 15 is 0 Å². The highest BCUT2D eigenvalue weighted by molar-refractivity contribution is 5.83. The fraction of sp³-hybridized carbons (Fsp3) is 0.385. The van der Waals surface area contributed by atoms with Gasteiger partial charge >= 0.3 is 0 Å². The van der Waals surface area contributed by atoms with Gasteiger partial charge < -0.3 is 10.7 Å². The molecule has 1 aromatic heterocycles. The summed E-state index contributed by atoms with van der Waals surface area (Å²) in [7, 11) is 0. The molecule has 16 heavy (non-hydrogen) atoms. The average Bonchev–Trinajstić information content (AvgIpc) is 2.83. The molecule has 3 rings (SSSR count). The summed E-state index contributed by atoms with van der Waals surface area (Å²) in [5, 5.41) is 1.01. The van der Waals surface area contributed by atoms with Gasteiger partial charge in [0.25, 0.3) is 0 Å². The van der Waals surface area contributed by atoms with Crippen molar-refractivity contribution in [1.29, 1.82) is 0 Å². The van der Waals surface area contributed by atoms with Gasteiger partial charge in [0.1, 0.15) is 5.82 Å². The van der Waals surface area contributed by atoms with Crippen LogP contribution in [0.4, 0.5) is 4.39 Å². The first-order valence-corrected chi connectivity index (χ1v) is 5.76. The van der Waals surface area contributed by atoms with Crippen molar-refractivity contribution in [2.75, 3.05) is 0 Å². The molecular weight excluding hydrogens is 203 g/mol. The first-order valence-electron chi connectivity index (χ1n) is 5.76. The number of fused-ring (bicyclic) bond motifs is 1. The molecule has 1 fully saturated rings. The molecule has 84 valence electrons. The van der Waals surface area contributed by atoms with Crippen LogP contribution in [0.2, 0.25) is 0 Å². The van der Waals surface area contributed by atoms with Crippen LogP contribution in [0.1, 0.15) is 30.7 Å². The van der Waals surface area contributed by atoms with Gasteiger partial charge in [0, 0.05) is 23.1 Å². The minimum Gasteiger partial charge on any atom is -0.361 e. The zero-order chi connectivity index (χ0) is 11.1. The Labute approximate surface area is 93.6 Å². The molecule has 3 N–H and O–H groups in total.